The number of amides is 1. The Labute approximate surface area is 189 Å². The van der Waals surface area contributed by atoms with Crippen LogP contribution in [0.1, 0.15) is 10.5 Å². The average molecular weight is 465 g/mol. The molecule has 5 N–H and O–H groups in total. The van der Waals surface area contributed by atoms with Gasteiger partial charge in [0.25, 0.3) is 16.1 Å². The van der Waals surface area contributed by atoms with E-state index in [9.17, 15) is 18.0 Å². The van der Waals surface area contributed by atoms with E-state index >= 15 is 0 Å². The van der Waals surface area contributed by atoms with Crippen LogP contribution in [0, 0.1) is 0 Å². The van der Waals surface area contributed by atoms with E-state index in [2.05, 4.69) is 10.3 Å². The number of para-hydroxylation sites is 1. The number of hydrogen-bond acceptors (Lipinski definition) is 5. The molecule has 0 aliphatic heterocycles. The monoisotopic (exact) mass is 464 g/mol. The SMILES string of the molecule is NS(=O)(=O)NC(CNC(=O)c1ccc2cccc(-c3cccc4ccccc34)c2n1)C(=O)O. The molecule has 9 nitrogen and oxygen atoms in total. The van der Waals surface area contributed by atoms with E-state index in [1.807, 2.05) is 60.7 Å². The van der Waals surface area contributed by atoms with Crippen LogP contribution in [0.25, 0.3) is 32.8 Å². The molecule has 1 unspecified atom stereocenters. The van der Waals surface area contributed by atoms with Crippen molar-refractivity contribution < 1.29 is 23.1 Å². The van der Waals surface area contributed by atoms with Crippen molar-refractivity contribution in [1.29, 1.82) is 0 Å². The summed E-state index contributed by atoms with van der Waals surface area (Å²) in [6.45, 7) is -0.505. The normalized spacial score (nSPS) is 12.5. The number of carbonyl (C=O) groups excluding carboxylic acids is 1. The molecule has 0 bridgehead atoms. The molecule has 4 rings (SSSR count). The second-order valence-corrected chi connectivity index (χ2v) is 8.69. The topological polar surface area (TPSA) is 151 Å². The van der Waals surface area contributed by atoms with Crippen LogP contribution in [0.4, 0.5) is 0 Å². The summed E-state index contributed by atoms with van der Waals surface area (Å²) in [5.74, 6) is -2.12. The van der Waals surface area contributed by atoms with Crippen LogP contribution in [-0.4, -0.2) is 43.0 Å². The zero-order valence-corrected chi connectivity index (χ0v) is 18.0. The molecule has 0 saturated heterocycles. The summed E-state index contributed by atoms with van der Waals surface area (Å²) in [4.78, 5) is 28.5. The van der Waals surface area contributed by atoms with Crippen LogP contribution >= 0.6 is 0 Å². The first-order valence-corrected chi connectivity index (χ1v) is 11.5. The summed E-state index contributed by atoms with van der Waals surface area (Å²) in [5, 5.41) is 19.3. The highest BCUT2D eigenvalue weighted by Gasteiger charge is 2.23. The van der Waals surface area contributed by atoms with Crippen molar-refractivity contribution in [2.75, 3.05) is 6.54 Å². The zero-order valence-electron chi connectivity index (χ0n) is 17.2. The molecule has 168 valence electrons. The quantitative estimate of drug-likeness (QED) is 0.328. The lowest BCUT2D eigenvalue weighted by molar-refractivity contribution is -0.138. The minimum Gasteiger partial charge on any atom is -0.480 e. The van der Waals surface area contributed by atoms with E-state index in [0.29, 0.717) is 5.52 Å². The van der Waals surface area contributed by atoms with Crippen molar-refractivity contribution in [3.63, 3.8) is 0 Å². The summed E-state index contributed by atoms with van der Waals surface area (Å²) in [6, 6.07) is 21.3. The van der Waals surface area contributed by atoms with E-state index in [1.165, 1.54) is 6.07 Å². The lowest BCUT2D eigenvalue weighted by atomic mass is 9.96. The molecule has 3 aromatic carbocycles. The number of carboxylic acid groups (broad SMARTS) is 1. The number of hydrogen-bond donors (Lipinski definition) is 4. The average Bonchev–Trinajstić information content (AvgIpc) is 2.79. The van der Waals surface area contributed by atoms with Gasteiger partial charge >= 0.3 is 5.97 Å². The molecule has 33 heavy (non-hydrogen) atoms. The number of nitrogens with one attached hydrogen (secondary N) is 2. The predicted octanol–water partition coefficient (Wildman–Crippen LogP) is 2.03. The molecule has 1 amide bonds. The fraction of sp³-hybridized carbons (Fsp3) is 0.0870. The van der Waals surface area contributed by atoms with Gasteiger partial charge in [0, 0.05) is 17.5 Å². The first-order valence-electron chi connectivity index (χ1n) is 9.92. The van der Waals surface area contributed by atoms with Gasteiger partial charge in [-0.1, -0.05) is 66.7 Å². The van der Waals surface area contributed by atoms with E-state index < -0.39 is 34.7 Å². The van der Waals surface area contributed by atoms with Crippen LogP contribution in [0.2, 0.25) is 0 Å². The Kier molecular flexibility index (Phi) is 6.05. The van der Waals surface area contributed by atoms with Crippen LogP contribution in [-0.2, 0) is 15.0 Å². The standard InChI is InChI=1S/C23H20N4O5S/c24-33(31,32)27-20(23(29)30)13-25-22(28)19-12-11-15-7-4-10-18(21(15)26-19)17-9-3-6-14-5-1-2-8-16(14)17/h1-12,20,27H,13H2,(H,25,28)(H,29,30)(H2,24,31,32). The number of benzene rings is 3. The number of carbonyl (C=O) groups is 2. The smallest absolute Gasteiger partial charge is 0.323 e. The van der Waals surface area contributed by atoms with E-state index in [1.54, 1.807) is 10.8 Å². The van der Waals surface area contributed by atoms with Gasteiger partial charge in [0.1, 0.15) is 11.7 Å². The molecule has 0 spiro atoms. The lowest BCUT2D eigenvalue weighted by Gasteiger charge is -2.14. The second kappa shape index (κ2) is 8.94. The maximum atomic E-state index is 12.7. The Balaban J connectivity index is 1.68. The van der Waals surface area contributed by atoms with Gasteiger partial charge in [-0.05, 0) is 22.4 Å². The van der Waals surface area contributed by atoms with Crippen LogP contribution in [0.5, 0.6) is 0 Å². The Morgan fingerprint density at radius 3 is 2.30 bits per heavy atom. The fourth-order valence-electron chi connectivity index (χ4n) is 3.61. The Morgan fingerprint density at radius 1 is 0.909 bits per heavy atom. The van der Waals surface area contributed by atoms with E-state index in [0.717, 1.165) is 27.3 Å². The molecule has 1 heterocycles. The molecule has 0 fully saturated rings. The largest absolute Gasteiger partial charge is 0.480 e. The third-order valence-corrected chi connectivity index (χ3v) is 5.72. The highest BCUT2D eigenvalue weighted by Crippen LogP contribution is 2.33. The zero-order chi connectivity index (χ0) is 23.6. The third kappa shape index (κ3) is 4.98. The molecule has 1 aromatic heterocycles. The maximum Gasteiger partial charge on any atom is 0.323 e. The first kappa shape index (κ1) is 22.3. The second-order valence-electron chi connectivity index (χ2n) is 7.36. The first-order chi connectivity index (χ1) is 15.7. The summed E-state index contributed by atoms with van der Waals surface area (Å²) in [7, 11) is -4.26. The predicted molar refractivity (Wildman–Crippen MR) is 125 cm³/mol. The van der Waals surface area contributed by atoms with Gasteiger partial charge in [-0.3, -0.25) is 9.59 Å². The third-order valence-electron chi connectivity index (χ3n) is 5.10. The summed E-state index contributed by atoms with van der Waals surface area (Å²) in [6.07, 6.45) is 0. The minimum absolute atomic E-state index is 0.0648. The van der Waals surface area contributed by atoms with Gasteiger partial charge in [0.15, 0.2) is 0 Å². The number of pyridine rings is 1. The van der Waals surface area contributed by atoms with Crippen molar-refractivity contribution in [3.05, 3.63) is 78.5 Å². The van der Waals surface area contributed by atoms with Gasteiger partial charge in [-0.25, -0.2) is 10.1 Å². The van der Waals surface area contributed by atoms with Crippen molar-refractivity contribution in [2.45, 2.75) is 6.04 Å². The van der Waals surface area contributed by atoms with Gasteiger partial charge < -0.3 is 10.4 Å². The van der Waals surface area contributed by atoms with Crippen molar-refractivity contribution in [1.82, 2.24) is 15.0 Å². The highest BCUT2D eigenvalue weighted by atomic mass is 32.2. The van der Waals surface area contributed by atoms with Crippen LogP contribution < -0.4 is 15.2 Å². The Morgan fingerprint density at radius 2 is 1.58 bits per heavy atom. The minimum atomic E-state index is -4.26. The van der Waals surface area contributed by atoms with Crippen LogP contribution in [0.15, 0.2) is 72.8 Å². The molecular weight excluding hydrogens is 444 g/mol. The van der Waals surface area contributed by atoms with Gasteiger partial charge in [0.05, 0.1) is 5.52 Å². The van der Waals surface area contributed by atoms with E-state index in [-0.39, 0.29) is 5.69 Å². The molecule has 0 radical (unpaired) electrons. The number of aliphatic carboxylic acids is 1. The van der Waals surface area contributed by atoms with Crippen molar-refractivity contribution in [3.8, 4) is 11.1 Å². The van der Waals surface area contributed by atoms with Crippen molar-refractivity contribution >= 4 is 43.8 Å². The fourth-order valence-corrected chi connectivity index (χ4v) is 4.19. The number of nitrogens with zero attached hydrogens (tertiary/aromatic N) is 1. The summed E-state index contributed by atoms with van der Waals surface area (Å²) in [5.41, 5.74) is 2.49. The maximum absolute atomic E-state index is 12.7. The van der Waals surface area contributed by atoms with Crippen molar-refractivity contribution in [2.24, 2.45) is 5.14 Å². The van der Waals surface area contributed by atoms with Gasteiger partial charge in [-0.2, -0.15) is 13.1 Å². The molecule has 10 heteroatoms. The number of nitrogens with two attached hydrogens (primary N) is 1. The van der Waals surface area contributed by atoms with Gasteiger partial charge in [-0.15, -0.1) is 0 Å². The summed E-state index contributed by atoms with van der Waals surface area (Å²) >= 11 is 0. The van der Waals surface area contributed by atoms with E-state index in [4.69, 9.17) is 10.2 Å². The highest BCUT2D eigenvalue weighted by molar-refractivity contribution is 7.87. The number of aromatic nitrogens is 1. The molecule has 1 atom stereocenters. The number of carboxylic acids is 1. The molecule has 0 aliphatic carbocycles. The van der Waals surface area contributed by atoms with Gasteiger partial charge in [0.2, 0.25) is 0 Å². The van der Waals surface area contributed by atoms with Crippen LogP contribution in [0.3, 0.4) is 0 Å². The molecule has 4 aromatic rings. The summed E-state index contributed by atoms with van der Waals surface area (Å²) < 4.78 is 24.1. The molecular formula is C23H20N4O5S. The number of rotatable bonds is 7. The number of fused-ring (bicyclic) bond motifs is 2. The lowest BCUT2D eigenvalue weighted by Crippen LogP contribution is -2.50. The Bertz CT molecular complexity index is 1480. The molecule has 0 saturated carbocycles. The Hall–Kier alpha value is -3.86. The molecule has 0 aliphatic rings.